The van der Waals surface area contributed by atoms with E-state index >= 15 is 0 Å². The molecule has 1 fully saturated rings. The smallest absolute Gasteiger partial charge is 0.363 e. The third-order valence-corrected chi connectivity index (χ3v) is 6.14. The number of fused-ring (bicyclic) bond motifs is 1. The van der Waals surface area contributed by atoms with Crippen molar-refractivity contribution in [2.24, 2.45) is 0 Å². The van der Waals surface area contributed by atoms with Crippen molar-refractivity contribution in [1.29, 1.82) is 0 Å². The highest BCUT2D eigenvalue weighted by Gasteiger charge is 2.47. The van der Waals surface area contributed by atoms with Gasteiger partial charge < -0.3 is 10.2 Å². The molecule has 2 aromatic rings. The van der Waals surface area contributed by atoms with Crippen molar-refractivity contribution in [2.75, 3.05) is 18.4 Å². The molecule has 1 aromatic carbocycles. The molecule has 0 radical (unpaired) electrons. The summed E-state index contributed by atoms with van der Waals surface area (Å²) < 4.78 is 42.2. The van der Waals surface area contributed by atoms with Crippen LogP contribution in [0.15, 0.2) is 24.3 Å². The number of nitrogens with one attached hydrogen (secondary N) is 1. The number of anilines is 1. The van der Waals surface area contributed by atoms with Gasteiger partial charge in [-0.1, -0.05) is 29.3 Å². The fourth-order valence-electron chi connectivity index (χ4n) is 3.88. The van der Waals surface area contributed by atoms with Crippen molar-refractivity contribution in [1.82, 2.24) is 14.7 Å². The molecule has 156 valence electrons. The summed E-state index contributed by atoms with van der Waals surface area (Å²) in [6, 6.07) is 3.67. The van der Waals surface area contributed by atoms with Crippen LogP contribution in [0, 0.1) is 0 Å². The Morgan fingerprint density at radius 2 is 1.83 bits per heavy atom. The van der Waals surface area contributed by atoms with Gasteiger partial charge in [-0.25, -0.2) is 4.68 Å². The monoisotopic (exact) mass is 446 g/mol. The van der Waals surface area contributed by atoms with Gasteiger partial charge in [0.2, 0.25) is 0 Å². The first-order valence-corrected chi connectivity index (χ1v) is 10.2. The van der Waals surface area contributed by atoms with Crippen LogP contribution in [-0.2, 0) is 0 Å². The van der Waals surface area contributed by atoms with Crippen LogP contribution >= 0.6 is 23.2 Å². The Kier molecular flexibility index (Phi) is 5.42. The Hall–Kier alpha value is -1.93. The molecule has 5 nitrogen and oxygen atoms in total. The molecule has 4 rings (SSSR count). The highest BCUT2D eigenvalue weighted by atomic mass is 35.5. The van der Waals surface area contributed by atoms with Crippen LogP contribution in [0.5, 0.6) is 0 Å². The number of likely N-dealkylation sites (tertiary alicyclic amines) is 1. The van der Waals surface area contributed by atoms with Gasteiger partial charge in [0, 0.05) is 25.6 Å². The highest BCUT2D eigenvalue weighted by molar-refractivity contribution is 6.42. The summed E-state index contributed by atoms with van der Waals surface area (Å²) in [5, 5.41) is 7.70. The minimum atomic E-state index is -4.51. The summed E-state index contributed by atoms with van der Waals surface area (Å²) in [6.45, 7) is 1.20. The van der Waals surface area contributed by atoms with Gasteiger partial charge in [-0.15, -0.1) is 0 Å². The lowest BCUT2D eigenvalue weighted by atomic mass is 9.97. The molecule has 2 aliphatic rings. The van der Waals surface area contributed by atoms with Crippen molar-refractivity contribution in [3.05, 3.63) is 45.6 Å². The average molecular weight is 447 g/mol. The first kappa shape index (κ1) is 20.3. The van der Waals surface area contributed by atoms with Crippen molar-refractivity contribution >= 4 is 34.9 Å². The van der Waals surface area contributed by atoms with E-state index in [0.29, 0.717) is 23.7 Å². The van der Waals surface area contributed by atoms with Gasteiger partial charge in [0.25, 0.3) is 5.91 Å². The molecule has 0 saturated carbocycles. The Bertz CT molecular complexity index is 925. The van der Waals surface area contributed by atoms with E-state index in [2.05, 4.69) is 10.4 Å². The van der Waals surface area contributed by atoms with E-state index in [9.17, 15) is 18.0 Å². The Balaban J connectivity index is 1.67. The summed E-state index contributed by atoms with van der Waals surface area (Å²) in [5.74, 6) is -0.171. The van der Waals surface area contributed by atoms with Gasteiger partial charge in [0.1, 0.15) is 5.82 Å². The van der Waals surface area contributed by atoms with Crippen molar-refractivity contribution in [3.63, 3.8) is 0 Å². The standard InChI is InChI=1S/C19H19Cl2F3N4O/c20-12-5-4-11(8-13(12)21)14-9-16(19(22,23)24)28-17(25-14)10-15(26-28)18(29)27-6-2-1-3-7-27/h4-5,8,10,14,16,25H,1-3,6-7,9H2/t14-,16-/m1/s1. The molecule has 0 unspecified atom stereocenters. The second-order valence-electron chi connectivity index (χ2n) is 7.38. The summed E-state index contributed by atoms with van der Waals surface area (Å²) in [6.07, 6.45) is -1.95. The lowest BCUT2D eigenvalue weighted by Crippen LogP contribution is -2.37. The van der Waals surface area contributed by atoms with Gasteiger partial charge in [-0.05, 0) is 37.0 Å². The van der Waals surface area contributed by atoms with E-state index in [1.165, 1.54) is 6.07 Å². The molecule has 10 heteroatoms. The number of halogens is 5. The van der Waals surface area contributed by atoms with Crippen molar-refractivity contribution in [3.8, 4) is 0 Å². The van der Waals surface area contributed by atoms with Crippen molar-refractivity contribution < 1.29 is 18.0 Å². The number of carbonyl (C=O) groups is 1. The second kappa shape index (κ2) is 7.72. The van der Waals surface area contributed by atoms with Crippen LogP contribution in [0.3, 0.4) is 0 Å². The van der Waals surface area contributed by atoms with E-state index in [1.807, 2.05) is 0 Å². The predicted molar refractivity (Wildman–Crippen MR) is 105 cm³/mol. The molecule has 1 aromatic heterocycles. The number of alkyl halides is 3. The zero-order chi connectivity index (χ0) is 20.8. The van der Waals surface area contributed by atoms with Crippen molar-refractivity contribution in [2.45, 2.75) is 43.9 Å². The van der Waals surface area contributed by atoms with Crippen LogP contribution in [-0.4, -0.2) is 39.9 Å². The number of piperidine rings is 1. The maximum absolute atomic E-state index is 13.8. The molecular weight excluding hydrogens is 428 g/mol. The maximum Gasteiger partial charge on any atom is 0.410 e. The van der Waals surface area contributed by atoms with E-state index < -0.39 is 18.3 Å². The molecule has 1 N–H and O–H groups in total. The fraction of sp³-hybridized carbons (Fsp3) is 0.474. The largest absolute Gasteiger partial charge is 0.410 e. The highest BCUT2D eigenvalue weighted by Crippen LogP contribution is 2.44. The topological polar surface area (TPSA) is 50.2 Å². The van der Waals surface area contributed by atoms with Crippen LogP contribution in [0.2, 0.25) is 10.0 Å². The molecule has 0 bridgehead atoms. The Morgan fingerprint density at radius 3 is 2.48 bits per heavy atom. The van der Waals surface area contributed by atoms with Gasteiger partial charge in [-0.3, -0.25) is 4.79 Å². The normalized spacial score (nSPS) is 22.2. The van der Waals surface area contributed by atoms with Crippen LogP contribution in [0.1, 0.15) is 53.8 Å². The second-order valence-corrected chi connectivity index (χ2v) is 8.19. The SMILES string of the molecule is O=C(c1cc2n(n1)[C@@H](C(F)(F)F)C[C@H](c1ccc(Cl)c(Cl)c1)N2)N1CCCCC1. The lowest BCUT2D eigenvalue weighted by molar-refractivity contribution is -0.173. The Labute approximate surface area is 175 Å². The first-order valence-electron chi connectivity index (χ1n) is 9.41. The van der Waals surface area contributed by atoms with Crippen LogP contribution < -0.4 is 5.32 Å². The number of hydrogen-bond donors (Lipinski definition) is 1. The van der Waals surface area contributed by atoms with Gasteiger partial charge in [0.15, 0.2) is 11.7 Å². The number of benzene rings is 1. The Morgan fingerprint density at radius 1 is 1.10 bits per heavy atom. The summed E-state index contributed by atoms with van der Waals surface area (Å²) >= 11 is 12.0. The first-order chi connectivity index (χ1) is 13.7. The third-order valence-electron chi connectivity index (χ3n) is 5.40. The number of amides is 1. The molecule has 0 aliphatic carbocycles. The summed E-state index contributed by atoms with van der Waals surface area (Å²) in [5.41, 5.74) is 0.614. The average Bonchev–Trinajstić information content (AvgIpc) is 3.12. The third kappa shape index (κ3) is 4.05. The number of rotatable bonds is 2. The number of nitrogens with zero attached hydrogens (tertiary/aromatic N) is 3. The number of carbonyl (C=O) groups excluding carboxylic acids is 1. The molecule has 1 saturated heterocycles. The molecule has 3 heterocycles. The minimum absolute atomic E-state index is 0.0263. The molecule has 0 spiro atoms. The minimum Gasteiger partial charge on any atom is -0.363 e. The fourth-order valence-corrected chi connectivity index (χ4v) is 4.19. The van der Waals surface area contributed by atoms with Gasteiger partial charge >= 0.3 is 6.18 Å². The lowest BCUT2D eigenvalue weighted by Gasteiger charge is -2.33. The number of hydrogen-bond acceptors (Lipinski definition) is 3. The quantitative estimate of drug-likeness (QED) is 0.664. The van der Waals surface area contributed by atoms with Gasteiger partial charge in [-0.2, -0.15) is 18.3 Å². The molecule has 29 heavy (non-hydrogen) atoms. The van der Waals surface area contributed by atoms with E-state index in [4.69, 9.17) is 23.2 Å². The zero-order valence-corrected chi connectivity index (χ0v) is 16.9. The molecular formula is C19H19Cl2F3N4O. The van der Waals surface area contributed by atoms with Gasteiger partial charge in [0.05, 0.1) is 16.1 Å². The number of aromatic nitrogens is 2. The molecule has 2 atom stereocenters. The van der Waals surface area contributed by atoms with Crippen LogP contribution in [0.25, 0.3) is 0 Å². The predicted octanol–water partition coefficient (Wildman–Crippen LogP) is 5.48. The van der Waals surface area contributed by atoms with E-state index in [-0.39, 0.29) is 28.9 Å². The zero-order valence-electron chi connectivity index (χ0n) is 15.3. The van der Waals surface area contributed by atoms with Crippen LogP contribution in [0.4, 0.5) is 19.0 Å². The summed E-state index contributed by atoms with van der Waals surface area (Å²) in [4.78, 5) is 14.4. The molecule has 2 aliphatic heterocycles. The molecule has 1 amide bonds. The van der Waals surface area contributed by atoms with E-state index in [1.54, 1.807) is 23.1 Å². The maximum atomic E-state index is 13.8. The summed E-state index contributed by atoms with van der Waals surface area (Å²) in [7, 11) is 0. The van der Waals surface area contributed by atoms with E-state index in [0.717, 1.165) is 23.9 Å².